The second kappa shape index (κ2) is 17.9. The van der Waals surface area contributed by atoms with E-state index in [1.54, 1.807) is 13.3 Å². The van der Waals surface area contributed by atoms with Crippen LogP contribution in [0.4, 0.5) is 0 Å². The number of piperidine rings is 1. The van der Waals surface area contributed by atoms with E-state index < -0.39 is 46.2 Å². The second-order valence-corrected chi connectivity index (χ2v) is 12.8. The zero-order chi connectivity index (χ0) is 34.4. The molecule has 2 aromatic rings. The molecule has 0 unspecified atom stereocenters. The summed E-state index contributed by atoms with van der Waals surface area (Å²) >= 11 is 0. The van der Waals surface area contributed by atoms with Gasteiger partial charge in [-0.15, -0.1) is 10.2 Å². The number of H-pyrrole nitrogens is 1. The number of esters is 1. The van der Waals surface area contributed by atoms with Gasteiger partial charge >= 0.3 is 5.97 Å². The van der Waals surface area contributed by atoms with Crippen molar-refractivity contribution in [2.75, 3.05) is 32.8 Å². The molecule has 2 aliphatic rings. The average Bonchev–Trinajstić information content (AvgIpc) is 3.71. The number of nitrogens with zero attached hydrogens (tertiary/aromatic N) is 6. The first-order valence-electron chi connectivity index (χ1n) is 15.2. The summed E-state index contributed by atoms with van der Waals surface area (Å²) in [5, 5.41) is 27.4. The maximum Gasteiger partial charge on any atom is 0.307 e. The van der Waals surface area contributed by atoms with Crippen LogP contribution in [0.1, 0.15) is 52.4 Å². The van der Waals surface area contributed by atoms with Gasteiger partial charge in [-0.1, -0.05) is 0 Å². The fourth-order valence-electron chi connectivity index (χ4n) is 4.98. The summed E-state index contributed by atoms with van der Waals surface area (Å²) in [6.45, 7) is 4.89. The third-order valence-electron chi connectivity index (χ3n) is 7.25. The Kier molecular flexibility index (Phi) is 14.0. The maximum absolute atomic E-state index is 13.8. The first-order chi connectivity index (χ1) is 22.4. The third-order valence-corrected chi connectivity index (χ3v) is 8.74. The van der Waals surface area contributed by atoms with Gasteiger partial charge in [0.1, 0.15) is 12.4 Å². The van der Waals surface area contributed by atoms with E-state index in [-0.39, 0.29) is 36.4 Å². The predicted molar refractivity (Wildman–Crippen MR) is 168 cm³/mol. The zero-order valence-corrected chi connectivity index (χ0v) is 27.2. The lowest BCUT2D eigenvalue weighted by Crippen LogP contribution is -2.52. The molecule has 2 amide bonds. The number of hydrogen-bond acceptors (Lipinski definition) is 12. The van der Waals surface area contributed by atoms with Gasteiger partial charge in [-0.3, -0.25) is 19.2 Å². The Labute approximate surface area is 272 Å². The van der Waals surface area contributed by atoms with Crippen LogP contribution in [0.3, 0.4) is 0 Å². The quantitative estimate of drug-likeness (QED) is 0.0532. The van der Waals surface area contributed by atoms with Crippen LogP contribution in [0.2, 0.25) is 0 Å². The lowest BCUT2D eigenvalue weighted by Gasteiger charge is -2.31. The minimum Gasteiger partial charge on any atom is -0.481 e. The van der Waals surface area contributed by atoms with Crippen molar-refractivity contribution in [1.82, 2.24) is 40.5 Å². The topological polar surface area (TPSA) is 255 Å². The molecule has 0 spiro atoms. The van der Waals surface area contributed by atoms with Gasteiger partial charge in [-0.2, -0.15) is 15.0 Å². The van der Waals surface area contributed by atoms with Gasteiger partial charge < -0.3 is 30.8 Å². The average molecular weight is 679 g/mol. The highest BCUT2D eigenvalue weighted by molar-refractivity contribution is 7.89. The Morgan fingerprint density at radius 3 is 2.53 bits per heavy atom. The van der Waals surface area contributed by atoms with Gasteiger partial charge in [-0.05, 0) is 68.0 Å². The summed E-state index contributed by atoms with van der Waals surface area (Å²) in [6, 6.07) is 4.22. The summed E-state index contributed by atoms with van der Waals surface area (Å²) in [5.41, 5.74) is 0.539. The van der Waals surface area contributed by atoms with Crippen molar-refractivity contribution >= 4 is 40.1 Å². The van der Waals surface area contributed by atoms with Crippen molar-refractivity contribution in [2.24, 2.45) is 16.9 Å². The highest BCUT2D eigenvalue weighted by Gasteiger charge is 2.38. The Balaban J connectivity index is 0.00000142. The van der Waals surface area contributed by atoms with Crippen molar-refractivity contribution in [3.8, 4) is 11.4 Å². The van der Waals surface area contributed by atoms with E-state index in [1.165, 1.54) is 29.2 Å². The number of tetrazole rings is 1. The van der Waals surface area contributed by atoms with E-state index in [0.29, 0.717) is 24.5 Å². The number of nitrogens with two attached hydrogens (primary N) is 1. The molecule has 258 valence electrons. The Morgan fingerprint density at radius 1 is 1.23 bits per heavy atom. The van der Waals surface area contributed by atoms with Gasteiger partial charge in [0.2, 0.25) is 27.7 Å². The first kappa shape index (κ1) is 36.8. The normalized spacial score (nSPS) is 16.9. The highest BCUT2D eigenvalue weighted by Crippen LogP contribution is 2.28. The number of nitrogens with one attached hydrogen (secondary N) is 3. The SMILES string of the molecule is CC(=O)O.CCOC(=O)CCN(C(=O)[C@H](CC(=O)NC[C@@H]1CCCN(C=NN)C1)NS(=O)(=O)c1ccc(-c2nn[nH]n2)cc1)C1CC1. The van der Waals surface area contributed by atoms with Gasteiger partial charge in [0.05, 0.1) is 24.3 Å². The molecular formula is C28H42N10O8S. The third kappa shape index (κ3) is 12.2. The number of amides is 2. The molecule has 4 rings (SSSR count). The Morgan fingerprint density at radius 2 is 1.94 bits per heavy atom. The van der Waals surface area contributed by atoms with Crippen LogP contribution in [0.5, 0.6) is 0 Å². The molecule has 2 heterocycles. The number of likely N-dealkylation sites (tertiary alicyclic amines) is 1. The Hall–Kier alpha value is -4.65. The molecule has 1 aromatic carbocycles. The molecule has 1 saturated heterocycles. The van der Waals surface area contributed by atoms with E-state index in [9.17, 15) is 22.8 Å². The van der Waals surface area contributed by atoms with Gasteiger partial charge in [0.25, 0.3) is 5.97 Å². The molecule has 1 aliphatic carbocycles. The monoisotopic (exact) mass is 678 g/mol. The number of ether oxygens (including phenoxy) is 1. The van der Waals surface area contributed by atoms with Crippen LogP contribution in [0, 0.1) is 5.92 Å². The standard InChI is InChI=1S/C26H38N10O6S.C2H4O2/c1-2-42-24(38)11-13-36(20-7-8-20)26(39)22(14-23(37)28-15-18-4-3-12-35(16-18)17-29-27)32-43(40,41)21-9-5-19(6-10-21)25-30-33-34-31-25;1-2(3)4/h5-6,9-10,17-18,20,22,32H,2-4,7-8,11-16,27H2,1H3,(H,28,37)(H,30,31,33,34);1H3,(H,3,4)/t18-,22-;/m0./s1. The minimum absolute atomic E-state index is 0.0381. The van der Waals surface area contributed by atoms with Gasteiger partial charge in [0.15, 0.2) is 0 Å². The fraction of sp³-hybridized carbons (Fsp3) is 0.571. The summed E-state index contributed by atoms with van der Waals surface area (Å²) in [6.07, 6.45) is 4.37. The number of carbonyl (C=O) groups is 4. The molecule has 18 nitrogen and oxygen atoms in total. The zero-order valence-electron chi connectivity index (χ0n) is 26.4. The molecule has 19 heteroatoms. The van der Waals surface area contributed by atoms with Crippen LogP contribution in [0.25, 0.3) is 11.4 Å². The van der Waals surface area contributed by atoms with Crippen molar-refractivity contribution in [3.63, 3.8) is 0 Å². The molecule has 1 aromatic heterocycles. The van der Waals surface area contributed by atoms with E-state index in [4.69, 9.17) is 20.5 Å². The van der Waals surface area contributed by atoms with Crippen molar-refractivity contribution < 1.29 is 37.4 Å². The number of carboxylic acids is 1. The number of hydrazone groups is 1. The lowest BCUT2D eigenvalue weighted by molar-refractivity contribution is -0.144. The predicted octanol–water partition coefficient (Wildman–Crippen LogP) is -0.331. The first-order valence-corrected chi connectivity index (χ1v) is 16.7. The second-order valence-electron chi connectivity index (χ2n) is 11.0. The number of sulfonamides is 1. The smallest absolute Gasteiger partial charge is 0.307 e. The molecule has 0 radical (unpaired) electrons. The number of rotatable bonds is 15. The molecular weight excluding hydrogens is 636 g/mol. The summed E-state index contributed by atoms with van der Waals surface area (Å²) < 4.78 is 34.3. The van der Waals surface area contributed by atoms with E-state index in [1.807, 2.05) is 4.90 Å². The number of carboxylic acid groups (broad SMARTS) is 1. The van der Waals surface area contributed by atoms with Crippen LogP contribution >= 0.6 is 0 Å². The van der Waals surface area contributed by atoms with E-state index >= 15 is 0 Å². The summed E-state index contributed by atoms with van der Waals surface area (Å²) in [7, 11) is -4.23. The molecule has 6 N–H and O–H groups in total. The lowest BCUT2D eigenvalue weighted by atomic mass is 9.98. The Bertz CT molecular complexity index is 1460. The van der Waals surface area contributed by atoms with Gasteiger partial charge in [0, 0.05) is 44.7 Å². The number of hydrogen-bond donors (Lipinski definition) is 5. The summed E-state index contributed by atoms with van der Waals surface area (Å²) in [4.78, 5) is 51.2. The van der Waals surface area contributed by atoms with Crippen LogP contribution in [-0.4, -0.2) is 119 Å². The van der Waals surface area contributed by atoms with E-state index in [2.05, 4.69) is 35.8 Å². The molecule has 2 atom stereocenters. The number of benzene rings is 1. The molecule has 2 fully saturated rings. The summed E-state index contributed by atoms with van der Waals surface area (Å²) in [5.74, 6) is 3.36. The molecule has 0 bridgehead atoms. The number of aliphatic carboxylic acids is 1. The van der Waals surface area contributed by atoms with Crippen molar-refractivity contribution in [1.29, 1.82) is 0 Å². The largest absolute Gasteiger partial charge is 0.481 e. The molecule has 1 saturated carbocycles. The molecule has 47 heavy (non-hydrogen) atoms. The highest BCUT2D eigenvalue weighted by atomic mass is 32.2. The number of aromatic nitrogens is 4. The number of aromatic amines is 1. The van der Waals surface area contributed by atoms with Crippen LogP contribution in [-0.2, 0) is 33.9 Å². The number of carbonyl (C=O) groups excluding carboxylic acids is 3. The molecule has 1 aliphatic heterocycles. The van der Waals surface area contributed by atoms with Gasteiger partial charge in [-0.25, -0.2) is 8.42 Å². The van der Waals surface area contributed by atoms with Crippen LogP contribution < -0.4 is 15.9 Å². The van der Waals surface area contributed by atoms with Crippen molar-refractivity contribution in [2.45, 2.75) is 69.4 Å². The fourth-order valence-corrected chi connectivity index (χ4v) is 6.17. The van der Waals surface area contributed by atoms with Crippen LogP contribution in [0.15, 0.2) is 34.3 Å². The van der Waals surface area contributed by atoms with E-state index in [0.717, 1.165) is 39.2 Å². The minimum atomic E-state index is -4.23. The van der Waals surface area contributed by atoms with Crippen molar-refractivity contribution in [3.05, 3.63) is 24.3 Å². The maximum atomic E-state index is 13.8.